The van der Waals surface area contributed by atoms with E-state index in [9.17, 15) is 0 Å². The van der Waals surface area contributed by atoms with Crippen LogP contribution >= 0.6 is 0 Å². The number of methoxy groups -OCH3 is 1. The predicted octanol–water partition coefficient (Wildman–Crippen LogP) is 11.7. The highest BCUT2D eigenvalue weighted by Crippen LogP contribution is 2.44. The van der Waals surface area contributed by atoms with Gasteiger partial charge in [-0.05, 0) is 85.3 Å². The quantitative estimate of drug-likeness (QED) is 0.141. The van der Waals surface area contributed by atoms with Gasteiger partial charge in [0.05, 0.1) is 35.6 Å². The number of fused-ring (bicyclic) bond motifs is 3. The van der Waals surface area contributed by atoms with Gasteiger partial charge in [-0.25, -0.2) is 9.67 Å². The van der Waals surface area contributed by atoms with Crippen LogP contribution in [0.3, 0.4) is 0 Å². The fourth-order valence-corrected chi connectivity index (χ4v) is 6.73. The van der Waals surface area contributed by atoms with E-state index in [-0.39, 0.29) is 0 Å². The third-order valence-electron chi connectivity index (χ3n) is 9.17. The van der Waals surface area contributed by atoms with E-state index in [1.165, 1.54) is 0 Å². The molecular weight excluding hydrogens is 673 g/mol. The third kappa shape index (κ3) is 6.37. The van der Waals surface area contributed by atoms with E-state index in [1.807, 2.05) is 145 Å². The molecule has 0 spiro atoms. The van der Waals surface area contributed by atoms with Crippen LogP contribution < -0.4 is 18.9 Å². The van der Waals surface area contributed by atoms with Crippen molar-refractivity contribution in [1.82, 2.24) is 19.3 Å². The minimum Gasteiger partial charge on any atom is -0.497 e. The average Bonchev–Trinajstić information content (AvgIpc) is 3.82. The highest BCUT2D eigenvalue weighted by Gasteiger charge is 2.19. The van der Waals surface area contributed by atoms with Crippen LogP contribution in [0.15, 0.2) is 170 Å². The summed E-state index contributed by atoms with van der Waals surface area (Å²) in [5.41, 5.74) is 5.49. The van der Waals surface area contributed by atoms with Crippen LogP contribution in [0.2, 0.25) is 0 Å². The lowest BCUT2D eigenvalue weighted by molar-refractivity contribution is 0.414. The summed E-state index contributed by atoms with van der Waals surface area (Å²) in [5.74, 6) is 5.65. The second-order valence-corrected chi connectivity index (χ2v) is 12.8. The van der Waals surface area contributed by atoms with Crippen molar-refractivity contribution in [3.63, 3.8) is 0 Å². The Morgan fingerprint density at radius 3 is 1.94 bits per heavy atom. The van der Waals surface area contributed by atoms with Crippen LogP contribution in [0.5, 0.6) is 40.2 Å². The summed E-state index contributed by atoms with van der Waals surface area (Å²) in [4.78, 5) is 4.69. The van der Waals surface area contributed by atoms with E-state index in [0.717, 1.165) is 67.2 Å². The second-order valence-electron chi connectivity index (χ2n) is 12.8. The maximum absolute atomic E-state index is 6.52. The second kappa shape index (κ2) is 14.0. The van der Waals surface area contributed by atoms with E-state index in [0.29, 0.717) is 23.0 Å². The first-order valence-corrected chi connectivity index (χ1v) is 17.6. The van der Waals surface area contributed by atoms with Gasteiger partial charge in [0.25, 0.3) is 0 Å². The van der Waals surface area contributed by atoms with Gasteiger partial charge in [0, 0.05) is 46.9 Å². The number of benzene rings is 6. The van der Waals surface area contributed by atoms with Crippen LogP contribution in [0.25, 0.3) is 44.4 Å². The highest BCUT2D eigenvalue weighted by molar-refractivity contribution is 6.09. The van der Waals surface area contributed by atoms with Crippen molar-refractivity contribution in [3.05, 3.63) is 176 Å². The van der Waals surface area contributed by atoms with Gasteiger partial charge in [-0.15, -0.1) is 0 Å². The van der Waals surface area contributed by atoms with E-state index in [2.05, 4.69) is 39.9 Å². The van der Waals surface area contributed by atoms with Crippen LogP contribution in [0.1, 0.15) is 5.56 Å². The predicted molar refractivity (Wildman–Crippen MR) is 212 cm³/mol. The van der Waals surface area contributed by atoms with Crippen molar-refractivity contribution in [2.24, 2.45) is 0 Å². The largest absolute Gasteiger partial charge is 0.497 e. The molecule has 3 heterocycles. The molecule has 0 unspecified atom stereocenters. The molecule has 8 nitrogen and oxygen atoms in total. The van der Waals surface area contributed by atoms with Gasteiger partial charge in [0.2, 0.25) is 0 Å². The summed E-state index contributed by atoms with van der Waals surface area (Å²) in [6, 6.07) is 49.6. The number of para-hydroxylation sites is 3. The number of rotatable bonds is 10. The third-order valence-corrected chi connectivity index (χ3v) is 9.17. The van der Waals surface area contributed by atoms with E-state index in [4.69, 9.17) is 24.0 Å². The van der Waals surface area contributed by atoms with Crippen molar-refractivity contribution in [1.29, 1.82) is 0 Å². The smallest absolute Gasteiger partial charge is 0.141 e. The zero-order valence-corrected chi connectivity index (χ0v) is 29.6. The molecule has 0 bridgehead atoms. The molecule has 0 atom stereocenters. The van der Waals surface area contributed by atoms with E-state index in [1.54, 1.807) is 13.3 Å². The minimum atomic E-state index is 0.667. The number of nitrogens with zero attached hydrogens (tertiary/aromatic N) is 4. The SMILES string of the molecule is COc1ccnc(-n2c3ccccc3c3ccc(Oc4cccc(-n5cc(-c6c(Oc7ccccc7)cc(C)cc6Oc6ccccc6)cn5)c4)cc32)c1. The molecule has 3 aromatic heterocycles. The fraction of sp³-hybridized carbons (Fsp3) is 0.0435. The number of ether oxygens (including phenoxy) is 4. The highest BCUT2D eigenvalue weighted by atomic mass is 16.5. The van der Waals surface area contributed by atoms with Crippen molar-refractivity contribution in [2.45, 2.75) is 6.92 Å². The standard InChI is InChI=1S/C46H34N4O4/c1-31-24-43(53-34-13-5-3-6-14-34)46(44(25-31)54-35-15-7-4-8-16-35)32-29-48-49(30-32)33-12-11-17-37(26-33)52-38-20-21-40-39-18-9-10-19-41(39)50(42(40)27-38)45-28-36(51-2)22-23-47-45/h3-30H,1-2H3. The zero-order valence-electron chi connectivity index (χ0n) is 29.6. The summed E-state index contributed by atoms with van der Waals surface area (Å²) >= 11 is 0. The number of hydrogen-bond acceptors (Lipinski definition) is 6. The molecule has 0 saturated heterocycles. The van der Waals surface area contributed by atoms with E-state index >= 15 is 0 Å². The van der Waals surface area contributed by atoms with Gasteiger partial charge in [-0.1, -0.05) is 60.7 Å². The number of hydrogen-bond donors (Lipinski definition) is 0. The summed E-state index contributed by atoms with van der Waals surface area (Å²) in [5, 5.41) is 7.01. The Morgan fingerprint density at radius 2 is 1.20 bits per heavy atom. The van der Waals surface area contributed by atoms with Crippen molar-refractivity contribution in [3.8, 4) is 62.9 Å². The molecular formula is C46H34N4O4. The molecule has 9 aromatic rings. The number of aryl methyl sites for hydroxylation is 1. The van der Waals surface area contributed by atoms with Crippen LogP contribution in [-0.4, -0.2) is 26.4 Å². The normalized spacial score (nSPS) is 11.1. The zero-order chi connectivity index (χ0) is 36.4. The van der Waals surface area contributed by atoms with Gasteiger partial charge in [-0.2, -0.15) is 5.10 Å². The van der Waals surface area contributed by atoms with Crippen molar-refractivity contribution in [2.75, 3.05) is 7.11 Å². The molecule has 262 valence electrons. The molecule has 9 rings (SSSR count). The van der Waals surface area contributed by atoms with Crippen molar-refractivity contribution >= 4 is 21.8 Å². The molecule has 0 fully saturated rings. The molecule has 6 aromatic carbocycles. The first-order valence-electron chi connectivity index (χ1n) is 17.6. The summed E-state index contributed by atoms with van der Waals surface area (Å²) < 4.78 is 28.9. The van der Waals surface area contributed by atoms with Crippen LogP contribution in [0, 0.1) is 6.92 Å². The van der Waals surface area contributed by atoms with Gasteiger partial charge in [-0.3, -0.25) is 4.57 Å². The lowest BCUT2D eigenvalue weighted by atomic mass is 10.0. The fourth-order valence-electron chi connectivity index (χ4n) is 6.73. The first-order chi connectivity index (χ1) is 26.6. The molecule has 0 aliphatic heterocycles. The molecule has 0 saturated carbocycles. The molecule has 54 heavy (non-hydrogen) atoms. The Morgan fingerprint density at radius 1 is 0.537 bits per heavy atom. The monoisotopic (exact) mass is 706 g/mol. The Balaban J connectivity index is 1.07. The Kier molecular flexibility index (Phi) is 8.45. The topological polar surface area (TPSA) is 72.6 Å². The number of aromatic nitrogens is 4. The van der Waals surface area contributed by atoms with Crippen molar-refractivity contribution < 1.29 is 18.9 Å². The Bertz CT molecular complexity index is 2690. The molecule has 0 aliphatic carbocycles. The molecule has 0 N–H and O–H groups in total. The number of pyridine rings is 1. The molecule has 0 radical (unpaired) electrons. The van der Waals surface area contributed by atoms with Gasteiger partial charge in [0.1, 0.15) is 46.1 Å². The Labute approximate surface area is 312 Å². The summed E-state index contributed by atoms with van der Waals surface area (Å²) in [6.07, 6.45) is 5.56. The van der Waals surface area contributed by atoms with Crippen LogP contribution in [-0.2, 0) is 0 Å². The molecule has 0 amide bonds. The maximum atomic E-state index is 6.52. The first kappa shape index (κ1) is 32.6. The van der Waals surface area contributed by atoms with Gasteiger partial charge in [0.15, 0.2) is 0 Å². The maximum Gasteiger partial charge on any atom is 0.141 e. The Hall–Kier alpha value is -7.32. The summed E-state index contributed by atoms with van der Waals surface area (Å²) in [7, 11) is 1.66. The van der Waals surface area contributed by atoms with E-state index < -0.39 is 0 Å². The summed E-state index contributed by atoms with van der Waals surface area (Å²) in [6.45, 7) is 2.03. The minimum absolute atomic E-state index is 0.667. The molecule has 0 aliphatic rings. The average molecular weight is 707 g/mol. The lowest BCUT2D eigenvalue weighted by Gasteiger charge is -2.16. The lowest BCUT2D eigenvalue weighted by Crippen LogP contribution is -1.98. The van der Waals surface area contributed by atoms with Crippen LogP contribution in [0.4, 0.5) is 0 Å². The van der Waals surface area contributed by atoms with Gasteiger partial charge >= 0.3 is 0 Å². The van der Waals surface area contributed by atoms with Gasteiger partial charge < -0.3 is 18.9 Å². The molecule has 8 heteroatoms.